The van der Waals surface area contributed by atoms with Gasteiger partial charge in [0.25, 0.3) is 5.91 Å². The minimum Gasteiger partial charge on any atom is -0.345 e. The molecule has 1 aromatic carbocycles. The lowest BCUT2D eigenvalue weighted by molar-refractivity contribution is -0.380. The van der Waals surface area contributed by atoms with Gasteiger partial charge in [-0.05, 0) is 30.7 Å². The van der Waals surface area contributed by atoms with E-state index in [-0.39, 0.29) is 10.9 Å². The summed E-state index contributed by atoms with van der Waals surface area (Å²) >= 11 is 2.60. The Balaban J connectivity index is 1.44. The molecular weight excluding hydrogens is 372 g/mol. The van der Waals surface area contributed by atoms with Gasteiger partial charge in [0.15, 0.2) is 5.13 Å². The Kier molecular flexibility index (Phi) is 4.33. The number of thiazole rings is 1. The van der Waals surface area contributed by atoms with E-state index in [0.29, 0.717) is 31.1 Å². The zero-order chi connectivity index (χ0) is 18.3. The van der Waals surface area contributed by atoms with Crippen LogP contribution in [0.5, 0.6) is 0 Å². The van der Waals surface area contributed by atoms with Gasteiger partial charge in [-0.2, -0.15) is 0 Å². The number of aromatic nitrogens is 1. The number of fused-ring (bicyclic) bond motifs is 1. The maximum atomic E-state index is 12.5. The van der Waals surface area contributed by atoms with Gasteiger partial charge in [0, 0.05) is 32.2 Å². The molecule has 1 aliphatic rings. The number of rotatable bonds is 3. The molecule has 0 spiro atoms. The van der Waals surface area contributed by atoms with Gasteiger partial charge in [-0.1, -0.05) is 28.7 Å². The molecule has 0 N–H and O–H groups in total. The van der Waals surface area contributed by atoms with Crippen molar-refractivity contribution in [1.82, 2.24) is 9.88 Å². The number of nitrogens with zero attached hydrogens (tertiary/aromatic N) is 4. The summed E-state index contributed by atoms with van der Waals surface area (Å²) in [4.78, 5) is 31.9. The van der Waals surface area contributed by atoms with Crippen molar-refractivity contribution in [3.63, 3.8) is 0 Å². The second-order valence-corrected chi connectivity index (χ2v) is 8.21. The summed E-state index contributed by atoms with van der Waals surface area (Å²) in [5, 5.41) is 11.8. The summed E-state index contributed by atoms with van der Waals surface area (Å²) in [7, 11) is 0. The van der Waals surface area contributed by atoms with E-state index in [1.165, 1.54) is 22.4 Å². The summed E-state index contributed by atoms with van der Waals surface area (Å²) < 4.78 is 1.17. The minimum absolute atomic E-state index is 0.00300. The van der Waals surface area contributed by atoms with Crippen molar-refractivity contribution in [2.24, 2.45) is 0 Å². The first-order valence-corrected chi connectivity index (χ1v) is 9.80. The first kappa shape index (κ1) is 16.9. The number of piperazine rings is 1. The fourth-order valence-corrected chi connectivity index (χ4v) is 4.86. The number of hydrogen-bond donors (Lipinski definition) is 0. The van der Waals surface area contributed by atoms with Crippen LogP contribution in [-0.4, -0.2) is 46.9 Å². The highest BCUT2D eigenvalue weighted by Gasteiger charge is 2.26. The molecule has 0 aliphatic carbocycles. The van der Waals surface area contributed by atoms with Gasteiger partial charge >= 0.3 is 5.00 Å². The number of thiophene rings is 1. The second-order valence-electron chi connectivity index (χ2n) is 6.14. The molecule has 0 unspecified atom stereocenters. The number of carbonyl (C=O) groups is 1. The molecule has 26 heavy (non-hydrogen) atoms. The molecule has 1 aliphatic heterocycles. The van der Waals surface area contributed by atoms with Crippen molar-refractivity contribution in [2.75, 3.05) is 31.1 Å². The van der Waals surface area contributed by atoms with Gasteiger partial charge in [-0.15, -0.1) is 0 Å². The van der Waals surface area contributed by atoms with Crippen LogP contribution < -0.4 is 4.90 Å². The minimum atomic E-state index is -0.464. The number of carbonyl (C=O) groups excluding carboxylic acids is 1. The first-order valence-electron chi connectivity index (χ1n) is 8.17. The predicted molar refractivity (Wildman–Crippen MR) is 103 cm³/mol. The monoisotopic (exact) mass is 388 g/mol. The molecule has 0 saturated carbocycles. The van der Waals surface area contributed by atoms with Gasteiger partial charge < -0.3 is 9.80 Å². The van der Waals surface area contributed by atoms with E-state index in [1.54, 1.807) is 16.2 Å². The Labute approximate surface area is 157 Å². The molecule has 0 atom stereocenters. The molecule has 1 saturated heterocycles. The average molecular weight is 388 g/mol. The molecule has 3 aromatic rings. The SMILES string of the molecule is Cc1ccc2nc(N3CCN(C(=O)c4ccc([N+](=O)[O-])s4)CC3)sc2c1. The molecule has 3 heterocycles. The van der Waals surface area contributed by atoms with Crippen molar-refractivity contribution in [3.8, 4) is 0 Å². The van der Waals surface area contributed by atoms with E-state index in [1.807, 2.05) is 6.07 Å². The van der Waals surface area contributed by atoms with Crippen molar-refractivity contribution in [3.05, 3.63) is 50.9 Å². The van der Waals surface area contributed by atoms with Crippen LogP contribution in [0.15, 0.2) is 30.3 Å². The molecule has 0 radical (unpaired) electrons. The molecule has 9 heteroatoms. The van der Waals surface area contributed by atoms with Gasteiger partial charge in [0.05, 0.1) is 20.0 Å². The molecule has 4 rings (SSSR count). The fraction of sp³-hybridized carbons (Fsp3) is 0.294. The molecule has 1 amide bonds. The number of hydrogen-bond acceptors (Lipinski definition) is 7. The summed E-state index contributed by atoms with van der Waals surface area (Å²) in [5.74, 6) is -0.136. The van der Waals surface area contributed by atoms with E-state index >= 15 is 0 Å². The highest BCUT2D eigenvalue weighted by atomic mass is 32.1. The summed E-state index contributed by atoms with van der Waals surface area (Å²) in [6.45, 7) is 4.65. The lowest BCUT2D eigenvalue weighted by Crippen LogP contribution is -2.48. The third-order valence-corrected chi connectivity index (χ3v) is 6.46. The largest absolute Gasteiger partial charge is 0.345 e. The first-order chi connectivity index (χ1) is 12.5. The predicted octanol–water partition coefficient (Wildman–Crippen LogP) is 3.54. The number of amides is 1. The molecule has 0 bridgehead atoms. The molecule has 2 aromatic heterocycles. The number of anilines is 1. The standard InChI is InChI=1S/C17H16N4O3S2/c1-11-2-3-12-14(10-11)26-17(18-12)20-8-6-19(7-9-20)16(22)13-4-5-15(25-13)21(23)24/h2-5,10H,6-9H2,1H3. The van der Waals surface area contributed by atoms with Gasteiger partial charge in [-0.3, -0.25) is 14.9 Å². The van der Waals surface area contributed by atoms with Crippen LogP contribution in [0.3, 0.4) is 0 Å². The normalized spacial score (nSPS) is 14.8. The Morgan fingerprint density at radius 3 is 2.62 bits per heavy atom. The van der Waals surface area contributed by atoms with Gasteiger partial charge in [0.1, 0.15) is 0 Å². The average Bonchev–Trinajstić information content (AvgIpc) is 3.28. The Morgan fingerprint density at radius 1 is 1.15 bits per heavy atom. The van der Waals surface area contributed by atoms with E-state index < -0.39 is 4.92 Å². The maximum absolute atomic E-state index is 12.5. The van der Waals surface area contributed by atoms with Crippen LogP contribution in [0.1, 0.15) is 15.2 Å². The van der Waals surface area contributed by atoms with Crippen molar-refractivity contribution < 1.29 is 9.72 Å². The van der Waals surface area contributed by atoms with Crippen LogP contribution in [0.25, 0.3) is 10.2 Å². The molecular formula is C17H16N4O3S2. The molecule has 134 valence electrons. The van der Waals surface area contributed by atoms with Gasteiger partial charge in [0.2, 0.25) is 0 Å². The van der Waals surface area contributed by atoms with Gasteiger partial charge in [-0.25, -0.2) is 4.98 Å². The Bertz CT molecular complexity index is 989. The molecule has 1 fully saturated rings. The summed E-state index contributed by atoms with van der Waals surface area (Å²) in [6.07, 6.45) is 0. The zero-order valence-corrected chi connectivity index (χ0v) is 15.7. The van der Waals surface area contributed by atoms with Crippen molar-refractivity contribution in [2.45, 2.75) is 6.92 Å². The Morgan fingerprint density at radius 2 is 1.92 bits per heavy atom. The molecule has 7 nitrogen and oxygen atoms in total. The maximum Gasteiger partial charge on any atom is 0.324 e. The van der Waals surface area contributed by atoms with E-state index in [2.05, 4.69) is 24.0 Å². The third kappa shape index (κ3) is 3.15. The van der Waals surface area contributed by atoms with E-state index in [0.717, 1.165) is 22.0 Å². The van der Waals surface area contributed by atoms with Crippen LogP contribution in [-0.2, 0) is 0 Å². The van der Waals surface area contributed by atoms with Crippen molar-refractivity contribution in [1.29, 1.82) is 0 Å². The summed E-state index contributed by atoms with van der Waals surface area (Å²) in [5.41, 5.74) is 2.22. The number of nitro groups is 1. The second kappa shape index (κ2) is 6.65. The highest BCUT2D eigenvalue weighted by molar-refractivity contribution is 7.22. The third-order valence-electron chi connectivity index (χ3n) is 4.35. The lowest BCUT2D eigenvalue weighted by Gasteiger charge is -2.34. The number of aryl methyl sites for hydroxylation is 1. The van der Waals surface area contributed by atoms with E-state index in [9.17, 15) is 14.9 Å². The topological polar surface area (TPSA) is 79.6 Å². The summed E-state index contributed by atoms with van der Waals surface area (Å²) in [6, 6.07) is 9.15. The number of benzene rings is 1. The van der Waals surface area contributed by atoms with Crippen LogP contribution >= 0.6 is 22.7 Å². The quantitative estimate of drug-likeness (QED) is 0.506. The van der Waals surface area contributed by atoms with Crippen LogP contribution in [0.4, 0.5) is 10.1 Å². The zero-order valence-electron chi connectivity index (χ0n) is 14.0. The van der Waals surface area contributed by atoms with Crippen LogP contribution in [0.2, 0.25) is 0 Å². The highest BCUT2D eigenvalue weighted by Crippen LogP contribution is 2.30. The fourth-order valence-electron chi connectivity index (χ4n) is 2.95. The van der Waals surface area contributed by atoms with Crippen molar-refractivity contribution >= 4 is 48.9 Å². The smallest absolute Gasteiger partial charge is 0.324 e. The lowest BCUT2D eigenvalue weighted by atomic mass is 10.2. The Hall–Kier alpha value is -2.52. The van der Waals surface area contributed by atoms with Crippen LogP contribution in [0, 0.1) is 17.0 Å². The van der Waals surface area contributed by atoms with E-state index in [4.69, 9.17) is 4.98 Å².